The molecule has 0 saturated carbocycles. The number of aromatic nitrogens is 9. The third-order valence-corrected chi connectivity index (χ3v) is 5.20. The van der Waals surface area contributed by atoms with Gasteiger partial charge in [-0.3, -0.25) is 9.89 Å². The summed E-state index contributed by atoms with van der Waals surface area (Å²) in [6.45, 7) is 3.33. The van der Waals surface area contributed by atoms with E-state index in [1.54, 1.807) is 11.0 Å². The van der Waals surface area contributed by atoms with Gasteiger partial charge in [0.2, 0.25) is 0 Å². The second-order valence-corrected chi connectivity index (χ2v) is 6.93. The number of hydrogen-bond donors (Lipinski definition) is 1. The van der Waals surface area contributed by atoms with Crippen molar-refractivity contribution in [1.29, 1.82) is 0 Å². The van der Waals surface area contributed by atoms with Gasteiger partial charge in [-0.25, -0.2) is 9.67 Å². The number of carbonyl (C=O) groups is 1. The summed E-state index contributed by atoms with van der Waals surface area (Å²) >= 11 is 0. The maximum atomic E-state index is 12.9. The molecule has 0 radical (unpaired) electrons. The first kappa shape index (κ1) is 17.0. The maximum absolute atomic E-state index is 12.9. The predicted molar refractivity (Wildman–Crippen MR) is 93.7 cm³/mol. The largest absolute Gasteiger partial charge is 0.381 e. The van der Waals surface area contributed by atoms with Crippen LogP contribution in [0, 0.1) is 0 Å². The molecule has 0 aromatic carbocycles. The van der Waals surface area contributed by atoms with Gasteiger partial charge >= 0.3 is 0 Å². The van der Waals surface area contributed by atoms with Gasteiger partial charge in [-0.1, -0.05) is 0 Å². The third-order valence-electron chi connectivity index (χ3n) is 5.20. The average molecular weight is 384 g/mol. The Balaban J connectivity index is 1.27. The lowest BCUT2D eigenvalue weighted by Gasteiger charge is -2.20. The molecule has 12 nitrogen and oxygen atoms in total. The quantitative estimate of drug-likeness (QED) is 0.643. The summed E-state index contributed by atoms with van der Waals surface area (Å²) < 4.78 is 8.76. The molecule has 1 fully saturated rings. The van der Waals surface area contributed by atoms with Crippen LogP contribution in [0.2, 0.25) is 0 Å². The number of nitrogens with one attached hydrogen (secondary N) is 1. The molecule has 146 valence electrons. The topological polar surface area (TPSA) is 133 Å². The Morgan fingerprint density at radius 3 is 2.93 bits per heavy atom. The Kier molecular flexibility index (Phi) is 4.31. The van der Waals surface area contributed by atoms with Crippen LogP contribution in [0.1, 0.15) is 40.9 Å². The molecular formula is C16H20N10O2. The summed E-state index contributed by atoms with van der Waals surface area (Å²) in [5, 5.41) is 22.5. The number of carbonyl (C=O) groups excluding carboxylic acids is 1. The van der Waals surface area contributed by atoms with Crippen molar-refractivity contribution in [3.05, 3.63) is 29.7 Å². The number of fused-ring (bicyclic) bond motifs is 1. The van der Waals surface area contributed by atoms with Gasteiger partial charge in [0.05, 0.1) is 6.54 Å². The standard InChI is InChI=1S/C16H20N10O2/c27-16(12-9-14(20-19-12)26-10-17-22-23-26)24-4-1-13-18-15(21-25(13)6-5-24)11-2-7-28-8-3-11/h9-11H,1-8H2,(H,19,20). The van der Waals surface area contributed by atoms with Gasteiger partial charge in [-0.2, -0.15) is 14.9 Å². The fourth-order valence-electron chi connectivity index (χ4n) is 3.63. The van der Waals surface area contributed by atoms with E-state index in [9.17, 15) is 4.79 Å². The molecule has 2 aliphatic heterocycles. The van der Waals surface area contributed by atoms with Crippen LogP contribution in [-0.2, 0) is 17.7 Å². The highest BCUT2D eigenvalue weighted by molar-refractivity contribution is 5.92. The zero-order valence-corrected chi connectivity index (χ0v) is 15.2. The minimum Gasteiger partial charge on any atom is -0.381 e. The molecular weight excluding hydrogens is 364 g/mol. The van der Waals surface area contributed by atoms with Gasteiger partial charge in [0.1, 0.15) is 17.8 Å². The van der Waals surface area contributed by atoms with E-state index in [0.29, 0.717) is 43.5 Å². The van der Waals surface area contributed by atoms with E-state index in [0.717, 1.165) is 37.7 Å². The van der Waals surface area contributed by atoms with Crippen molar-refractivity contribution in [2.24, 2.45) is 0 Å². The summed E-state index contributed by atoms with van der Waals surface area (Å²) in [6, 6.07) is 1.64. The summed E-state index contributed by atoms with van der Waals surface area (Å²) in [4.78, 5) is 19.4. The lowest BCUT2D eigenvalue weighted by Crippen LogP contribution is -2.34. The van der Waals surface area contributed by atoms with Gasteiger partial charge in [-0.05, 0) is 23.3 Å². The fourth-order valence-corrected chi connectivity index (χ4v) is 3.63. The number of nitrogens with zero attached hydrogens (tertiary/aromatic N) is 9. The summed E-state index contributed by atoms with van der Waals surface area (Å²) in [7, 11) is 0. The van der Waals surface area contributed by atoms with Crippen LogP contribution >= 0.6 is 0 Å². The first-order valence-corrected chi connectivity index (χ1v) is 9.37. The number of ether oxygens (including phenoxy) is 1. The highest BCUT2D eigenvalue weighted by Crippen LogP contribution is 2.25. The van der Waals surface area contributed by atoms with Crippen molar-refractivity contribution in [2.75, 3.05) is 26.3 Å². The Morgan fingerprint density at radius 1 is 1.21 bits per heavy atom. The molecule has 1 amide bonds. The zero-order chi connectivity index (χ0) is 18.9. The number of H-pyrrole nitrogens is 1. The van der Waals surface area contributed by atoms with Crippen LogP contribution in [-0.4, -0.2) is 82.3 Å². The van der Waals surface area contributed by atoms with Crippen molar-refractivity contribution in [1.82, 2.24) is 50.1 Å². The number of rotatable bonds is 3. The van der Waals surface area contributed by atoms with Crippen molar-refractivity contribution in [3.63, 3.8) is 0 Å². The van der Waals surface area contributed by atoms with E-state index < -0.39 is 0 Å². The third kappa shape index (κ3) is 3.15. The molecule has 1 saturated heterocycles. The lowest BCUT2D eigenvalue weighted by molar-refractivity contribution is 0.0750. The molecule has 5 rings (SSSR count). The van der Waals surface area contributed by atoms with Crippen molar-refractivity contribution in [2.45, 2.75) is 31.7 Å². The highest BCUT2D eigenvalue weighted by Gasteiger charge is 2.26. The van der Waals surface area contributed by atoms with E-state index in [1.165, 1.54) is 11.0 Å². The molecule has 0 bridgehead atoms. The average Bonchev–Trinajstić information content (AvgIpc) is 3.47. The van der Waals surface area contributed by atoms with E-state index in [4.69, 9.17) is 14.8 Å². The van der Waals surface area contributed by atoms with Gasteiger partial charge in [0, 0.05) is 44.7 Å². The van der Waals surface area contributed by atoms with Crippen LogP contribution in [0.3, 0.4) is 0 Å². The minimum absolute atomic E-state index is 0.109. The molecule has 0 atom stereocenters. The molecule has 12 heteroatoms. The van der Waals surface area contributed by atoms with E-state index in [1.807, 2.05) is 4.68 Å². The summed E-state index contributed by atoms with van der Waals surface area (Å²) in [5.41, 5.74) is 0.404. The van der Waals surface area contributed by atoms with Crippen LogP contribution in [0.4, 0.5) is 0 Å². The zero-order valence-electron chi connectivity index (χ0n) is 15.2. The van der Waals surface area contributed by atoms with Crippen LogP contribution < -0.4 is 0 Å². The number of tetrazole rings is 1. The Hall–Kier alpha value is -3.15. The van der Waals surface area contributed by atoms with Crippen LogP contribution in [0.5, 0.6) is 0 Å². The normalized spacial score (nSPS) is 18.1. The van der Waals surface area contributed by atoms with Gasteiger partial charge < -0.3 is 9.64 Å². The number of amides is 1. The number of aromatic amines is 1. The van der Waals surface area contributed by atoms with E-state index >= 15 is 0 Å². The summed E-state index contributed by atoms with van der Waals surface area (Å²) in [5.74, 6) is 2.59. The SMILES string of the molecule is O=C(c1cc(-n2cnnn2)n[nH]1)N1CCc2nc(C3CCOCC3)nn2CC1. The smallest absolute Gasteiger partial charge is 0.272 e. The second-order valence-electron chi connectivity index (χ2n) is 6.93. The predicted octanol–water partition coefficient (Wildman–Crippen LogP) is -0.431. The van der Waals surface area contributed by atoms with Gasteiger partial charge in [0.25, 0.3) is 5.91 Å². The Labute approximate surface area is 159 Å². The molecule has 5 heterocycles. The first-order chi connectivity index (χ1) is 13.8. The maximum Gasteiger partial charge on any atom is 0.272 e. The van der Waals surface area contributed by atoms with Gasteiger partial charge in [-0.15, -0.1) is 5.10 Å². The molecule has 3 aromatic heterocycles. The second kappa shape index (κ2) is 7.11. The van der Waals surface area contributed by atoms with Crippen molar-refractivity contribution >= 4 is 5.91 Å². The fraction of sp³-hybridized carbons (Fsp3) is 0.562. The Bertz CT molecular complexity index is 931. The molecule has 0 spiro atoms. The minimum atomic E-state index is -0.109. The molecule has 0 unspecified atom stereocenters. The summed E-state index contributed by atoms with van der Waals surface area (Å²) in [6.07, 6.45) is 4.04. The molecule has 2 aliphatic rings. The van der Waals surface area contributed by atoms with Crippen LogP contribution in [0.25, 0.3) is 5.82 Å². The van der Waals surface area contributed by atoms with Crippen molar-refractivity contribution < 1.29 is 9.53 Å². The Morgan fingerprint density at radius 2 is 2.11 bits per heavy atom. The lowest BCUT2D eigenvalue weighted by atomic mass is 10.00. The number of hydrogen-bond acceptors (Lipinski definition) is 8. The van der Waals surface area contributed by atoms with E-state index in [-0.39, 0.29) is 5.91 Å². The monoisotopic (exact) mass is 384 g/mol. The molecule has 28 heavy (non-hydrogen) atoms. The van der Waals surface area contributed by atoms with Gasteiger partial charge in [0.15, 0.2) is 11.6 Å². The van der Waals surface area contributed by atoms with Crippen molar-refractivity contribution in [3.8, 4) is 5.82 Å². The van der Waals surface area contributed by atoms with E-state index in [2.05, 4.69) is 25.7 Å². The first-order valence-electron chi connectivity index (χ1n) is 9.37. The molecule has 1 N–H and O–H groups in total. The molecule has 3 aromatic rings. The van der Waals surface area contributed by atoms with Crippen LogP contribution in [0.15, 0.2) is 12.4 Å². The molecule has 0 aliphatic carbocycles. The highest BCUT2D eigenvalue weighted by atomic mass is 16.5.